The van der Waals surface area contributed by atoms with Crippen molar-refractivity contribution in [1.82, 2.24) is 10.2 Å². The molecule has 0 saturated carbocycles. The highest BCUT2D eigenvalue weighted by Gasteiger charge is 2.66. The van der Waals surface area contributed by atoms with Gasteiger partial charge in [0.1, 0.15) is 16.8 Å². The number of hydrogen-bond donors (Lipinski definition) is 2. The van der Waals surface area contributed by atoms with Crippen molar-refractivity contribution in [3.05, 3.63) is 41.6 Å². The van der Waals surface area contributed by atoms with Gasteiger partial charge in [-0.05, 0) is 17.7 Å². The van der Waals surface area contributed by atoms with Gasteiger partial charge in [0, 0.05) is 20.0 Å². The third-order valence-electron chi connectivity index (χ3n) is 4.39. The zero-order valence-electron chi connectivity index (χ0n) is 15.3. The Morgan fingerprint density at radius 3 is 2.64 bits per heavy atom. The molecule has 0 bridgehead atoms. The van der Waals surface area contributed by atoms with Crippen molar-refractivity contribution in [2.24, 2.45) is 0 Å². The van der Waals surface area contributed by atoms with Gasteiger partial charge in [0.25, 0.3) is 17.5 Å². The number of benzene rings is 1. The van der Waals surface area contributed by atoms with Gasteiger partial charge in [-0.1, -0.05) is 18.2 Å². The third kappa shape index (κ3) is 3.46. The second kappa shape index (κ2) is 8.21. The van der Waals surface area contributed by atoms with Crippen molar-refractivity contribution in [2.75, 3.05) is 33.2 Å². The fourth-order valence-electron chi connectivity index (χ4n) is 3.14. The Morgan fingerprint density at radius 1 is 1.32 bits per heavy atom. The van der Waals surface area contributed by atoms with Crippen molar-refractivity contribution < 1.29 is 33.7 Å². The number of carbonyl (C=O) groups is 3. The van der Waals surface area contributed by atoms with Gasteiger partial charge in [-0.3, -0.25) is 14.5 Å². The molecule has 9 nitrogen and oxygen atoms in total. The molecule has 0 spiro atoms. The molecule has 2 N–H and O–H groups in total. The van der Waals surface area contributed by atoms with Crippen molar-refractivity contribution in [1.29, 1.82) is 0 Å². The fraction of sp³-hybridized carbons (Fsp3) is 0.389. The number of para-hydroxylation sites is 1. The summed E-state index contributed by atoms with van der Waals surface area (Å²) in [5, 5.41) is 11.4. The highest BCUT2D eigenvalue weighted by Crippen LogP contribution is 2.46. The van der Waals surface area contributed by atoms with Crippen molar-refractivity contribution in [3.63, 3.8) is 0 Å². The number of thioether (sulfide) groups is 1. The van der Waals surface area contributed by atoms with Crippen LogP contribution < -0.4 is 10.1 Å². The Bertz CT molecular complexity index is 813. The molecule has 0 aliphatic carbocycles. The van der Waals surface area contributed by atoms with Gasteiger partial charge in [0.2, 0.25) is 0 Å². The predicted octanol–water partition coefficient (Wildman–Crippen LogP) is 0.425. The van der Waals surface area contributed by atoms with Crippen LogP contribution in [0.2, 0.25) is 0 Å². The summed E-state index contributed by atoms with van der Waals surface area (Å²) >= 11 is 1.30. The number of nitrogens with zero attached hydrogens (tertiary/aromatic N) is 1. The van der Waals surface area contributed by atoms with E-state index in [-0.39, 0.29) is 18.9 Å². The van der Waals surface area contributed by atoms with Gasteiger partial charge in [0.05, 0.1) is 6.61 Å². The number of methoxy groups -OCH3 is 2. The minimum absolute atomic E-state index is 0.0996. The van der Waals surface area contributed by atoms with Gasteiger partial charge in [-0.25, -0.2) is 4.79 Å². The summed E-state index contributed by atoms with van der Waals surface area (Å²) in [5.41, 5.74) is -1.27. The standard InChI is InChI=1S/C18H20N2O7S/c1-25-8-11-10-28-17-18(26-2,16(24)20(17)14(11)15(22)23)19-13(21)9-27-12-6-4-3-5-7-12/h3-7,17H,8-10H2,1-2H3,(H,19,21)(H,22,23)/t17-,18-/m0/s1. The molecular formula is C18H20N2O7S. The van der Waals surface area contributed by atoms with Crippen LogP contribution in [0.15, 0.2) is 41.6 Å². The van der Waals surface area contributed by atoms with Crippen LogP contribution >= 0.6 is 11.8 Å². The maximum Gasteiger partial charge on any atom is 0.352 e. The second-order valence-corrected chi connectivity index (χ2v) is 7.19. The molecule has 1 aromatic rings. The second-order valence-electron chi connectivity index (χ2n) is 6.12. The number of rotatable bonds is 8. The third-order valence-corrected chi connectivity index (χ3v) is 5.77. The first-order chi connectivity index (χ1) is 13.4. The zero-order valence-corrected chi connectivity index (χ0v) is 16.2. The smallest absolute Gasteiger partial charge is 0.352 e. The molecule has 2 aliphatic heterocycles. The van der Waals surface area contributed by atoms with E-state index < -0.39 is 28.9 Å². The van der Waals surface area contributed by atoms with E-state index in [0.29, 0.717) is 17.1 Å². The van der Waals surface area contributed by atoms with E-state index in [9.17, 15) is 19.5 Å². The number of ether oxygens (including phenoxy) is 3. The lowest BCUT2D eigenvalue weighted by Crippen LogP contribution is -2.81. The van der Waals surface area contributed by atoms with E-state index in [1.54, 1.807) is 24.3 Å². The zero-order chi connectivity index (χ0) is 20.3. The average Bonchev–Trinajstić information content (AvgIpc) is 2.70. The highest BCUT2D eigenvalue weighted by atomic mass is 32.2. The number of carboxylic acid groups (broad SMARTS) is 1. The lowest BCUT2D eigenvalue weighted by atomic mass is 9.98. The summed E-state index contributed by atoms with van der Waals surface area (Å²) in [6.45, 7) is -0.210. The quantitative estimate of drug-likeness (QED) is 0.470. The topological polar surface area (TPSA) is 114 Å². The fourth-order valence-corrected chi connectivity index (χ4v) is 4.56. The predicted molar refractivity (Wildman–Crippen MR) is 99.4 cm³/mol. The molecule has 0 aromatic heterocycles. The summed E-state index contributed by atoms with van der Waals surface area (Å²) in [6, 6.07) is 8.77. The number of fused-ring (bicyclic) bond motifs is 1. The molecule has 0 radical (unpaired) electrons. The van der Waals surface area contributed by atoms with E-state index >= 15 is 0 Å². The van der Waals surface area contributed by atoms with Crippen LogP contribution in [0.5, 0.6) is 5.75 Å². The number of nitrogens with one attached hydrogen (secondary N) is 1. The minimum atomic E-state index is -1.64. The molecule has 150 valence electrons. The number of amides is 2. The summed E-state index contributed by atoms with van der Waals surface area (Å²) in [5.74, 6) is -1.58. The first-order valence-corrected chi connectivity index (χ1v) is 9.43. The molecular weight excluding hydrogens is 388 g/mol. The first kappa shape index (κ1) is 20.2. The lowest BCUT2D eigenvalue weighted by Gasteiger charge is -2.55. The van der Waals surface area contributed by atoms with E-state index in [0.717, 1.165) is 4.90 Å². The number of β-lactam (4-membered cyclic amide) rings is 1. The van der Waals surface area contributed by atoms with Crippen LogP contribution in [0.1, 0.15) is 0 Å². The van der Waals surface area contributed by atoms with Crippen LogP contribution in [0.3, 0.4) is 0 Å². The molecule has 10 heteroatoms. The first-order valence-electron chi connectivity index (χ1n) is 8.38. The molecule has 1 fully saturated rings. The molecule has 1 aromatic carbocycles. The van der Waals surface area contributed by atoms with E-state index in [2.05, 4.69) is 5.32 Å². The van der Waals surface area contributed by atoms with Crippen LogP contribution in [0, 0.1) is 0 Å². The van der Waals surface area contributed by atoms with Crippen LogP contribution in [-0.4, -0.2) is 72.1 Å². The van der Waals surface area contributed by atoms with Crippen LogP contribution in [-0.2, 0) is 23.9 Å². The SMILES string of the molecule is COCC1=C(C(=O)O)N2C(=O)[C@](NC(=O)COc3ccccc3)(OC)[C@@H]2SC1. The Balaban J connectivity index is 1.74. The maximum atomic E-state index is 12.8. The summed E-state index contributed by atoms with van der Waals surface area (Å²) < 4.78 is 15.8. The van der Waals surface area contributed by atoms with Gasteiger partial charge < -0.3 is 24.6 Å². The van der Waals surface area contributed by atoms with Crippen molar-refractivity contribution in [3.8, 4) is 5.75 Å². The molecule has 3 rings (SSSR count). The summed E-state index contributed by atoms with van der Waals surface area (Å²) in [7, 11) is 2.75. The molecule has 1 saturated heterocycles. The lowest BCUT2D eigenvalue weighted by molar-refractivity contribution is -0.193. The minimum Gasteiger partial charge on any atom is -0.484 e. The summed E-state index contributed by atoms with van der Waals surface area (Å²) in [6.07, 6.45) is 0. The normalized spacial score (nSPS) is 23.7. The monoisotopic (exact) mass is 408 g/mol. The van der Waals surface area contributed by atoms with Crippen LogP contribution in [0.25, 0.3) is 0 Å². The van der Waals surface area contributed by atoms with E-state index in [1.807, 2.05) is 6.07 Å². The van der Waals surface area contributed by atoms with Gasteiger partial charge >= 0.3 is 5.97 Å². The number of aliphatic carboxylic acids is 1. The summed E-state index contributed by atoms with van der Waals surface area (Å²) in [4.78, 5) is 38.0. The molecule has 2 amide bonds. The van der Waals surface area contributed by atoms with Crippen molar-refractivity contribution >= 4 is 29.5 Å². The largest absolute Gasteiger partial charge is 0.484 e. The number of carbonyl (C=O) groups excluding carboxylic acids is 2. The number of hydrogen-bond acceptors (Lipinski definition) is 7. The Hall–Kier alpha value is -2.56. The number of carboxylic acids is 1. The molecule has 2 atom stereocenters. The highest BCUT2D eigenvalue weighted by molar-refractivity contribution is 8.00. The molecule has 2 aliphatic rings. The maximum absolute atomic E-state index is 12.8. The Kier molecular flexibility index (Phi) is 5.92. The molecule has 28 heavy (non-hydrogen) atoms. The molecule has 2 heterocycles. The van der Waals surface area contributed by atoms with Crippen LogP contribution in [0.4, 0.5) is 0 Å². The average molecular weight is 408 g/mol. The van der Waals surface area contributed by atoms with E-state index in [1.165, 1.54) is 26.0 Å². The van der Waals surface area contributed by atoms with E-state index in [4.69, 9.17) is 14.2 Å². The molecule has 0 unspecified atom stereocenters. The Morgan fingerprint density at radius 2 is 2.04 bits per heavy atom. The Labute approximate surface area is 165 Å². The van der Waals surface area contributed by atoms with Gasteiger partial charge in [-0.15, -0.1) is 11.8 Å². The van der Waals surface area contributed by atoms with Crippen molar-refractivity contribution in [2.45, 2.75) is 11.1 Å². The van der Waals surface area contributed by atoms with Gasteiger partial charge in [0.15, 0.2) is 6.61 Å². The van der Waals surface area contributed by atoms with Gasteiger partial charge in [-0.2, -0.15) is 0 Å².